The zero-order valence-corrected chi connectivity index (χ0v) is 14.3. The largest absolute Gasteiger partial charge is 0.376 e. The van der Waals surface area contributed by atoms with Crippen LogP contribution in [0.2, 0.25) is 0 Å². The maximum atomic E-state index is 12.1. The number of hydrogen-bond donors (Lipinski definition) is 3. The number of nitrogens with one attached hydrogen (secondary N) is 3. The second-order valence-corrected chi connectivity index (χ2v) is 6.18. The third-order valence-electron chi connectivity index (χ3n) is 3.73. The Hall–Kier alpha value is -2.57. The van der Waals surface area contributed by atoms with Crippen LogP contribution in [-0.4, -0.2) is 54.8 Å². The highest BCUT2D eigenvalue weighted by atomic mass is 16.2. The van der Waals surface area contributed by atoms with Gasteiger partial charge < -0.3 is 20.9 Å². The lowest BCUT2D eigenvalue weighted by Gasteiger charge is -2.27. The van der Waals surface area contributed by atoms with E-state index >= 15 is 0 Å². The van der Waals surface area contributed by atoms with Crippen molar-refractivity contribution in [3.05, 3.63) is 29.3 Å². The lowest BCUT2D eigenvalue weighted by molar-refractivity contribution is -0.136. The molecule has 1 heterocycles. The summed E-state index contributed by atoms with van der Waals surface area (Å²) in [6.45, 7) is 6.94. The van der Waals surface area contributed by atoms with E-state index in [1.54, 1.807) is 18.2 Å². The van der Waals surface area contributed by atoms with Gasteiger partial charge in [-0.15, -0.1) is 0 Å². The smallest absolute Gasteiger partial charge is 0.251 e. The molecule has 0 aromatic heterocycles. The predicted molar refractivity (Wildman–Crippen MR) is 91.9 cm³/mol. The van der Waals surface area contributed by atoms with E-state index in [9.17, 15) is 14.4 Å². The van der Waals surface area contributed by atoms with Gasteiger partial charge in [0.05, 0.1) is 13.1 Å². The van der Waals surface area contributed by atoms with Crippen molar-refractivity contribution in [1.29, 1.82) is 0 Å². The SMILES string of the molecule is Cc1cc(C(=O)NC(C)C)ccc1NCC(=O)N1CCNC(=O)C1. The van der Waals surface area contributed by atoms with E-state index in [1.165, 1.54) is 4.90 Å². The van der Waals surface area contributed by atoms with Crippen LogP contribution in [0.4, 0.5) is 5.69 Å². The van der Waals surface area contributed by atoms with Gasteiger partial charge in [0.1, 0.15) is 0 Å². The third kappa shape index (κ3) is 4.71. The van der Waals surface area contributed by atoms with Gasteiger partial charge in [-0.05, 0) is 44.5 Å². The standard InChI is InChI=1S/C17H24N4O3/c1-11(2)20-17(24)13-4-5-14(12(3)8-13)19-9-16(23)21-7-6-18-15(22)10-21/h4-5,8,11,19H,6-7,9-10H2,1-3H3,(H,18,22)(H,20,24). The van der Waals surface area contributed by atoms with Crippen LogP contribution in [-0.2, 0) is 9.59 Å². The molecule has 3 amide bonds. The molecule has 1 saturated heterocycles. The van der Waals surface area contributed by atoms with Crippen LogP contribution in [0.3, 0.4) is 0 Å². The number of benzene rings is 1. The Kier molecular flexibility index (Phi) is 5.78. The van der Waals surface area contributed by atoms with Gasteiger partial charge in [-0.25, -0.2) is 0 Å². The van der Waals surface area contributed by atoms with Crippen LogP contribution in [0.5, 0.6) is 0 Å². The Labute approximate surface area is 141 Å². The number of rotatable bonds is 5. The van der Waals surface area contributed by atoms with Crippen molar-refractivity contribution in [2.75, 3.05) is 31.5 Å². The molecular formula is C17H24N4O3. The Bertz CT molecular complexity index is 643. The van der Waals surface area contributed by atoms with Gasteiger partial charge in [0.15, 0.2) is 0 Å². The fraction of sp³-hybridized carbons (Fsp3) is 0.471. The average molecular weight is 332 g/mol. The van der Waals surface area contributed by atoms with Crippen molar-refractivity contribution >= 4 is 23.4 Å². The third-order valence-corrected chi connectivity index (χ3v) is 3.73. The number of nitrogens with zero attached hydrogens (tertiary/aromatic N) is 1. The summed E-state index contributed by atoms with van der Waals surface area (Å²) in [7, 11) is 0. The first-order valence-corrected chi connectivity index (χ1v) is 8.06. The molecule has 7 heteroatoms. The number of carbonyl (C=O) groups excluding carboxylic acids is 3. The van der Waals surface area contributed by atoms with E-state index in [1.807, 2.05) is 20.8 Å². The molecule has 0 saturated carbocycles. The van der Waals surface area contributed by atoms with Crippen LogP contribution < -0.4 is 16.0 Å². The van der Waals surface area contributed by atoms with E-state index in [0.717, 1.165) is 11.3 Å². The van der Waals surface area contributed by atoms with Crippen LogP contribution in [0, 0.1) is 6.92 Å². The summed E-state index contributed by atoms with van der Waals surface area (Å²) in [5.74, 6) is -0.368. The highest BCUT2D eigenvalue weighted by Gasteiger charge is 2.20. The van der Waals surface area contributed by atoms with E-state index < -0.39 is 0 Å². The van der Waals surface area contributed by atoms with Crippen molar-refractivity contribution < 1.29 is 14.4 Å². The maximum Gasteiger partial charge on any atom is 0.251 e. The molecule has 1 aromatic carbocycles. The van der Waals surface area contributed by atoms with Gasteiger partial charge in [-0.1, -0.05) is 0 Å². The van der Waals surface area contributed by atoms with Gasteiger partial charge in [0.2, 0.25) is 11.8 Å². The summed E-state index contributed by atoms with van der Waals surface area (Å²) >= 11 is 0. The highest BCUT2D eigenvalue weighted by Crippen LogP contribution is 2.16. The molecule has 2 rings (SSSR count). The van der Waals surface area contributed by atoms with Crippen molar-refractivity contribution in [3.63, 3.8) is 0 Å². The van der Waals surface area contributed by atoms with Crippen molar-refractivity contribution in [2.24, 2.45) is 0 Å². The van der Waals surface area contributed by atoms with E-state index in [0.29, 0.717) is 18.7 Å². The molecule has 24 heavy (non-hydrogen) atoms. The van der Waals surface area contributed by atoms with Crippen molar-refractivity contribution in [2.45, 2.75) is 26.8 Å². The highest BCUT2D eigenvalue weighted by molar-refractivity contribution is 5.95. The van der Waals surface area contributed by atoms with E-state index in [-0.39, 0.29) is 36.9 Å². The molecule has 1 aliphatic rings. The normalized spacial score (nSPS) is 14.3. The molecule has 1 fully saturated rings. The minimum absolute atomic E-state index is 0.0787. The van der Waals surface area contributed by atoms with Crippen molar-refractivity contribution in [3.8, 4) is 0 Å². The number of carbonyl (C=O) groups is 3. The van der Waals surface area contributed by atoms with Crippen molar-refractivity contribution in [1.82, 2.24) is 15.5 Å². The predicted octanol–water partition coefficient (Wildman–Crippen LogP) is 0.504. The molecule has 7 nitrogen and oxygen atoms in total. The maximum absolute atomic E-state index is 12.1. The van der Waals surface area contributed by atoms with Gasteiger partial charge in [-0.2, -0.15) is 0 Å². The molecular weight excluding hydrogens is 308 g/mol. The second kappa shape index (κ2) is 7.81. The number of aryl methyl sites for hydroxylation is 1. The first-order valence-electron chi connectivity index (χ1n) is 8.06. The minimum atomic E-state index is -0.133. The number of hydrogen-bond acceptors (Lipinski definition) is 4. The van der Waals surface area contributed by atoms with Gasteiger partial charge in [0.25, 0.3) is 5.91 Å². The lowest BCUT2D eigenvalue weighted by atomic mass is 10.1. The number of piperazine rings is 1. The molecule has 0 spiro atoms. The molecule has 0 unspecified atom stereocenters. The Morgan fingerprint density at radius 3 is 2.71 bits per heavy atom. The van der Waals surface area contributed by atoms with Crippen LogP contribution in [0.25, 0.3) is 0 Å². The Morgan fingerprint density at radius 2 is 2.08 bits per heavy atom. The summed E-state index contributed by atoms with van der Waals surface area (Å²) in [5, 5.41) is 8.61. The van der Waals surface area contributed by atoms with Crippen LogP contribution >= 0.6 is 0 Å². The second-order valence-electron chi connectivity index (χ2n) is 6.18. The Morgan fingerprint density at radius 1 is 1.33 bits per heavy atom. The van der Waals surface area contributed by atoms with Crippen LogP contribution in [0.1, 0.15) is 29.8 Å². The first-order chi connectivity index (χ1) is 11.4. The monoisotopic (exact) mass is 332 g/mol. The fourth-order valence-corrected chi connectivity index (χ4v) is 2.48. The Balaban J connectivity index is 1.94. The van der Waals surface area contributed by atoms with E-state index in [4.69, 9.17) is 0 Å². The van der Waals surface area contributed by atoms with E-state index in [2.05, 4.69) is 16.0 Å². The average Bonchev–Trinajstić information content (AvgIpc) is 2.52. The van der Waals surface area contributed by atoms with Gasteiger partial charge >= 0.3 is 0 Å². The summed E-state index contributed by atoms with van der Waals surface area (Å²) < 4.78 is 0. The quantitative estimate of drug-likeness (QED) is 0.732. The molecule has 0 atom stereocenters. The fourth-order valence-electron chi connectivity index (χ4n) is 2.48. The number of anilines is 1. The lowest BCUT2D eigenvalue weighted by Crippen LogP contribution is -2.51. The molecule has 0 bridgehead atoms. The van der Waals surface area contributed by atoms with Gasteiger partial charge in [-0.3, -0.25) is 14.4 Å². The number of amides is 3. The summed E-state index contributed by atoms with van der Waals surface area (Å²) in [6, 6.07) is 5.39. The minimum Gasteiger partial charge on any atom is -0.376 e. The molecule has 0 aliphatic carbocycles. The topological polar surface area (TPSA) is 90.5 Å². The molecule has 3 N–H and O–H groups in total. The zero-order chi connectivity index (χ0) is 17.7. The first kappa shape index (κ1) is 17.8. The molecule has 1 aromatic rings. The van der Waals surface area contributed by atoms with Gasteiger partial charge in [0, 0.05) is 30.4 Å². The zero-order valence-electron chi connectivity index (χ0n) is 14.3. The molecule has 0 radical (unpaired) electrons. The summed E-state index contributed by atoms with van der Waals surface area (Å²) in [6.07, 6.45) is 0. The molecule has 1 aliphatic heterocycles. The molecule has 130 valence electrons. The van der Waals surface area contributed by atoms with Crippen LogP contribution in [0.15, 0.2) is 18.2 Å². The summed E-state index contributed by atoms with van der Waals surface area (Å²) in [4.78, 5) is 37.0. The summed E-state index contributed by atoms with van der Waals surface area (Å²) in [5.41, 5.74) is 2.27.